The molecule has 2 rings (SSSR count). The fraction of sp³-hybridized carbons (Fsp3) is 0.214. The van der Waals surface area contributed by atoms with Crippen LogP contribution < -0.4 is 5.32 Å². The molecule has 1 heterocycles. The Bertz CT molecular complexity index is 625. The van der Waals surface area contributed by atoms with Crippen LogP contribution in [0.1, 0.15) is 16.1 Å². The standard InChI is InChI=1S/C14H14BrClN2O2/c1-18(2)14(19)10-4-3-9(16)7-12(10)17-8-13-11(15)5-6-20-13/h3-7,17H,8H2,1-2H3. The van der Waals surface area contributed by atoms with Crippen molar-refractivity contribution in [2.45, 2.75) is 6.54 Å². The molecule has 0 atom stereocenters. The number of halogens is 2. The third-order valence-electron chi connectivity index (χ3n) is 2.75. The average Bonchev–Trinajstić information content (AvgIpc) is 2.81. The van der Waals surface area contributed by atoms with Gasteiger partial charge in [-0.25, -0.2) is 0 Å². The first-order valence-corrected chi connectivity index (χ1v) is 7.13. The summed E-state index contributed by atoms with van der Waals surface area (Å²) in [5, 5.41) is 3.75. The van der Waals surface area contributed by atoms with Gasteiger partial charge in [-0.2, -0.15) is 0 Å². The first-order chi connectivity index (χ1) is 9.49. The van der Waals surface area contributed by atoms with Gasteiger partial charge in [0.1, 0.15) is 5.76 Å². The van der Waals surface area contributed by atoms with E-state index in [9.17, 15) is 4.79 Å². The Kier molecular flexibility index (Phi) is 4.73. The maximum absolute atomic E-state index is 12.1. The zero-order chi connectivity index (χ0) is 14.7. The lowest BCUT2D eigenvalue weighted by atomic mass is 10.1. The van der Waals surface area contributed by atoms with Crippen LogP contribution in [-0.4, -0.2) is 24.9 Å². The van der Waals surface area contributed by atoms with Crippen LogP contribution in [0.2, 0.25) is 5.02 Å². The van der Waals surface area contributed by atoms with Crippen molar-refractivity contribution in [1.29, 1.82) is 0 Å². The van der Waals surface area contributed by atoms with Crippen LogP contribution in [0, 0.1) is 0 Å². The second-order valence-electron chi connectivity index (χ2n) is 4.43. The second kappa shape index (κ2) is 6.33. The van der Waals surface area contributed by atoms with Crippen molar-refractivity contribution >= 4 is 39.1 Å². The van der Waals surface area contributed by atoms with Gasteiger partial charge >= 0.3 is 0 Å². The van der Waals surface area contributed by atoms with Crippen molar-refractivity contribution in [3.8, 4) is 0 Å². The van der Waals surface area contributed by atoms with Gasteiger partial charge in [0.2, 0.25) is 0 Å². The van der Waals surface area contributed by atoms with Crippen molar-refractivity contribution in [2.24, 2.45) is 0 Å². The summed E-state index contributed by atoms with van der Waals surface area (Å²) in [7, 11) is 3.42. The summed E-state index contributed by atoms with van der Waals surface area (Å²) in [6.45, 7) is 0.460. The maximum Gasteiger partial charge on any atom is 0.255 e. The van der Waals surface area contributed by atoms with Gasteiger partial charge in [0.25, 0.3) is 5.91 Å². The van der Waals surface area contributed by atoms with Crippen LogP contribution >= 0.6 is 27.5 Å². The Balaban J connectivity index is 2.24. The van der Waals surface area contributed by atoms with E-state index in [1.165, 1.54) is 4.90 Å². The van der Waals surface area contributed by atoms with E-state index in [0.29, 0.717) is 22.8 Å². The molecule has 1 amide bonds. The number of rotatable bonds is 4. The van der Waals surface area contributed by atoms with E-state index < -0.39 is 0 Å². The topological polar surface area (TPSA) is 45.5 Å². The van der Waals surface area contributed by atoms with Gasteiger partial charge in [-0.05, 0) is 40.2 Å². The van der Waals surface area contributed by atoms with Crippen LogP contribution in [0.3, 0.4) is 0 Å². The molecule has 0 saturated heterocycles. The number of nitrogens with zero attached hydrogens (tertiary/aromatic N) is 1. The number of benzene rings is 1. The average molecular weight is 358 g/mol. The predicted octanol–water partition coefficient (Wildman–Crippen LogP) is 4.01. The summed E-state index contributed by atoms with van der Waals surface area (Å²) >= 11 is 9.39. The molecule has 0 spiro atoms. The number of anilines is 1. The highest BCUT2D eigenvalue weighted by Gasteiger charge is 2.14. The van der Waals surface area contributed by atoms with Gasteiger partial charge in [0.15, 0.2) is 0 Å². The monoisotopic (exact) mass is 356 g/mol. The molecule has 0 fully saturated rings. The van der Waals surface area contributed by atoms with Gasteiger partial charge < -0.3 is 14.6 Å². The summed E-state index contributed by atoms with van der Waals surface area (Å²) in [5.74, 6) is 0.677. The zero-order valence-corrected chi connectivity index (χ0v) is 13.5. The number of amides is 1. The molecule has 0 radical (unpaired) electrons. The molecule has 4 nitrogen and oxygen atoms in total. The van der Waals surface area contributed by atoms with E-state index >= 15 is 0 Å². The van der Waals surface area contributed by atoms with E-state index in [4.69, 9.17) is 16.0 Å². The van der Waals surface area contributed by atoms with Crippen molar-refractivity contribution in [1.82, 2.24) is 4.90 Å². The number of carbonyl (C=O) groups is 1. The minimum atomic E-state index is -0.0809. The molecule has 0 aliphatic carbocycles. The van der Waals surface area contributed by atoms with Gasteiger partial charge in [0.05, 0.1) is 22.8 Å². The van der Waals surface area contributed by atoms with E-state index in [-0.39, 0.29) is 5.91 Å². The molecule has 20 heavy (non-hydrogen) atoms. The highest BCUT2D eigenvalue weighted by Crippen LogP contribution is 2.24. The Morgan fingerprint density at radius 3 is 2.75 bits per heavy atom. The van der Waals surface area contributed by atoms with Crippen LogP contribution in [0.15, 0.2) is 39.4 Å². The first-order valence-electron chi connectivity index (χ1n) is 5.96. The number of carbonyl (C=O) groups excluding carboxylic acids is 1. The van der Waals surface area contributed by atoms with E-state index in [0.717, 1.165) is 10.2 Å². The highest BCUT2D eigenvalue weighted by atomic mass is 79.9. The van der Waals surface area contributed by atoms with Crippen LogP contribution in [-0.2, 0) is 6.54 Å². The molecule has 0 bridgehead atoms. The van der Waals surface area contributed by atoms with Crippen LogP contribution in [0.5, 0.6) is 0 Å². The summed E-state index contributed by atoms with van der Waals surface area (Å²) in [6, 6.07) is 6.96. The summed E-state index contributed by atoms with van der Waals surface area (Å²) in [5.41, 5.74) is 1.25. The minimum Gasteiger partial charge on any atom is -0.466 e. The molecule has 1 aromatic carbocycles. The van der Waals surface area contributed by atoms with Crippen molar-refractivity contribution in [3.63, 3.8) is 0 Å². The van der Waals surface area contributed by atoms with Crippen molar-refractivity contribution in [3.05, 3.63) is 51.3 Å². The third kappa shape index (κ3) is 3.35. The first kappa shape index (κ1) is 14.9. The molecule has 6 heteroatoms. The van der Waals surface area contributed by atoms with E-state index in [1.807, 2.05) is 6.07 Å². The lowest BCUT2D eigenvalue weighted by Crippen LogP contribution is -2.23. The fourth-order valence-electron chi connectivity index (χ4n) is 1.72. The number of hydrogen-bond donors (Lipinski definition) is 1. The minimum absolute atomic E-state index is 0.0809. The normalized spacial score (nSPS) is 10.4. The number of furan rings is 1. The van der Waals surface area contributed by atoms with Crippen LogP contribution in [0.4, 0.5) is 5.69 Å². The second-order valence-corrected chi connectivity index (χ2v) is 5.73. The number of hydrogen-bond acceptors (Lipinski definition) is 3. The Labute approximate surface area is 130 Å². The van der Waals surface area contributed by atoms with E-state index in [2.05, 4.69) is 21.2 Å². The van der Waals surface area contributed by atoms with Crippen LogP contribution in [0.25, 0.3) is 0 Å². The molecule has 0 saturated carbocycles. The number of nitrogens with one attached hydrogen (secondary N) is 1. The van der Waals surface area contributed by atoms with Gasteiger partial charge in [-0.3, -0.25) is 4.79 Å². The lowest BCUT2D eigenvalue weighted by Gasteiger charge is -2.15. The van der Waals surface area contributed by atoms with Gasteiger partial charge in [-0.1, -0.05) is 11.6 Å². The highest BCUT2D eigenvalue weighted by molar-refractivity contribution is 9.10. The molecular formula is C14H14BrClN2O2. The SMILES string of the molecule is CN(C)C(=O)c1ccc(Cl)cc1NCc1occc1Br. The third-order valence-corrected chi connectivity index (χ3v) is 3.69. The van der Waals surface area contributed by atoms with Gasteiger partial charge in [0, 0.05) is 24.8 Å². The maximum atomic E-state index is 12.1. The predicted molar refractivity (Wildman–Crippen MR) is 83.2 cm³/mol. The molecule has 1 aromatic heterocycles. The quantitative estimate of drug-likeness (QED) is 0.899. The molecule has 1 N–H and O–H groups in total. The summed E-state index contributed by atoms with van der Waals surface area (Å²) in [6.07, 6.45) is 1.60. The molecule has 0 unspecified atom stereocenters. The Hall–Kier alpha value is -1.46. The lowest BCUT2D eigenvalue weighted by molar-refractivity contribution is 0.0828. The van der Waals surface area contributed by atoms with Gasteiger partial charge in [-0.15, -0.1) is 0 Å². The van der Waals surface area contributed by atoms with Crippen molar-refractivity contribution < 1.29 is 9.21 Å². The zero-order valence-electron chi connectivity index (χ0n) is 11.1. The van der Waals surface area contributed by atoms with Crippen molar-refractivity contribution in [2.75, 3.05) is 19.4 Å². The molecule has 0 aliphatic rings. The Morgan fingerprint density at radius 2 is 2.15 bits per heavy atom. The molecule has 2 aromatic rings. The molecule has 106 valence electrons. The summed E-state index contributed by atoms with van der Waals surface area (Å²) in [4.78, 5) is 13.6. The smallest absolute Gasteiger partial charge is 0.255 e. The molecular weight excluding hydrogens is 344 g/mol. The fourth-order valence-corrected chi connectivity index (χ4v) is 2.23. The Morgan fingerprint density at radius 1 is 1.40 bits per heavy atom. The van der Waals surface area contributed by atoms with E-state index in [1.54, 1.807) is 38.6 Å². The largest absolute Gasteiger partial charge is 0.466 e. The summed E-state index contributed by atoms with van der Waals surface area (Å²) < 4.78 is 6.21. The molecule has 0 aliphatic heterocycles.